The van der Waals surface area contributed by atoms with Crippen LogP contribution in [-0.2, 0) is 14.4 Å². The third kappa shape index (κ3) is 4.23. The predicted molar refractivity (Wildman–Crippen MR) is 115 cm³/mol. The minimum Gasteiger partial charge on any atom is -0.325 e. The van der Waals surface area contributed by atoms with Gasteiger partial charge in [0.15, 0.2) is 0 Å². The molecule has 2 aliphatic rings. The number of nitrogens with zero attached hydrogens (tertiary/aromatic N) is 1. The molecule has 2 aromatic rings. The molecule has 0 saturated carbocycles. The van der Waals surface area contributed by atoms with Gasteiger partial charge in [0.2, 0.25) is 17.7 Å². The second-order valence-electron chi connectivity index (χ2n) is 7.01. The van der Waals surface area contributed by atoms with E-state index in [0.717, 1.165) is 4.90 Å². The van der Waals surface area contributed by atoms with Gasteiger partial charge in [0.25, 0.3) is 0 Å². The Bertz CT molecular complexity index is 964. The zero-order valence-corrected chi connectivity index (χ0v) is 17.1. The van der Waals surface area contributed by atoms with E-state index in [9.17, 15) is 14.4 Å². The Morgan fingerprint density at radius 3 is 2.31 bits per heavy atom. The zero-order valence-electron chi connectivity index (χ0n) is 15.5. The molecule has 3 amide bonds. The van der Waals surface area contributed by atoms with E-state index in [-0.39, 0.29) is 35.3 Å². The predicted octanol–water partition coefficient (Wildman–Crippen LogP) is 4.53. The maximum atomic E-state index is 12.7. The molecule has 1 heterocycles. The molecule has 148 valence electrons. The van der Waals surface area contributed by atoms with Gasteiger partial charge in [-0.05, 0) is 55.3 Å². The number of halogens is 1. The number of hydrogen-bond acceptors (Lipinski definition) is 4. The molecule has 1 N–H and O–H groups in total. The molecule has 2 atom stereocenters. The van der Waals surface area contributed by atoms with Crippen molar-refractivity contribution in [2.24, 2.45) is 11.8 Å². The van der Waals surface area contributed by atoms with Gasteiger partial charge >= 0.3 is 0 Å². The van der Waals surface area contributed by atoms with Crippen LogP contribution in [0.2, 0.25) is 5.02 Å². The van der Waals surface area contributed by atoms with Gasteiger partial charge in [-0.2, -0.15) is 0 Å². The Balaban J connectivity index is 1.36. The first-order chi connectivity index (χ1) is 14.0. The average molecular weight is 427 g/mol. The summed E-state index contributed by atoms with van der Waals surface area (Å²) in [6, 6.07) is 14.2. The Labute approximate surface area is 178 Å². The molecular formula is C22H19ClN2O3S. The summed E-state index contributed by atoms with van der Waals surface area (Å²) in [5.74, 6) is -0.615. The van der Waals surface area contributed by atoms with Crippen molar-refractivity contribution < 1.29 is 14.4 Å². The van der Waals surface area contributed by atoms with Crippen molar-refractivity contribution in [1.82, 2.24) is 0 Å². The number of benzene rings is 2. The smallest absolute Gasteiger partial charge is 0.238 e. The highest BCUT2D eigenvalue weighted by Gasteiger charge is 2.47. The standard InChI is InChI=1S/C22H19ClN2O3S/c23-14-4-3-5-15(12-14)24-20(26)13-29-17-10-8-16(9-11-17)25-21(27)18-6-1-2-7-19(18)22(25)28/h1-5,8-12,18-19H,6-7,13H2,(H,24,26)/t18-,19+. The van der Waals surface area contributed by atoms with E-state index in [1.807, 2.05) is 24.3 Å². The summed E-state index contributed by atoms with van der Waals surface area (Å²) in [6.45, 7) is 0. The van der Waals surface area contributed by atoms with E-state index < -0.39 is 0 Å². The molecular weight excluding hydrogens is 408 g/mol. The van der Waals surface area contributed by atoms with Gasteiger partial charge in [0.05, 0.1) is 23.3 Å². The lowest BCUT2D eigenvalue weighted by Crippen LogP contribution is -2.30. The third-order valence-electron chi connectivity index (χ3n) is 5.08. The summed E-state index contributed by atoms with van der Waals surface area (Å²) < 4.78 is 0. The molecule has 1 fully saturated rings. The first-order valence-electron chi connectivity index (χ1n) is 9.34. The SMILES string of the molecule is O=C(CSc1ccc(N2C(=O)[C@H]3CC=CC[C@H]3C2=O)cc1)Nc1cccc(Cl)c1. The summed E-state index contributed by atoms with van der Waals surface area (Å²) in [6.07, 6.45) is 5.21. The van der Waals surface area contributed by atoms with Crippen LogP contribution in [0.1, 0.15) is 12.8 Å². The molecule has 2 aromatic carbocycles. The minimum atomic E-state index is -0.239. The van der Waals surface area contributed by atoms with Crippen LogP contribution in [0.4, 0.5) is 11.4 Å². The maximum Gasteiger partial charge on any atom is 0.238 e. The van der Waals surface area contributed by atoms with Gasteiger partial charge in [-0.25, -0.2) is 0 Å². The van der Waals surface area contributed by atoms with Gasteiger partial charge in [-0.3, -0.25) is 19.3 Å². The summed E-state index contributed by atoms with van der Waals surface area (Å²) in [7, 11) is 0. The highest BCUT2D eigenvalue weighted by molar-refractivity contribution is 8.00. The minimum absolute atomic E-state index is 0.120. The number of rotatable bonds is 5. The van der Waals surface area contributed by atoms with Gasteiger partial charge < -0.3 is 5.32 Å². The van der Waals surface area contributed by atoms with Crippen LogP contribution in [0.15, 0.2) is 65.6 Å². The first-order valence-corrected chi connectivity index (χ1v) is 10.7. The van der Waals surface area contributed by atoms with Crippen LogP contribution in [0, 0.1) is 11.8 Å². The normalized spacial score (nSPS) is 20.7. The lowest BCUT2D eigenvalue weighted by molar-refractivity contribution is -0.122. The number of thioether (sulfide) groups is 1. The number of imide groups is 1. The maximum absolute atomic E-state index is 12.7. The fourth-order valence-electron chi connectivity index (χ4n) is 3.66. The fourth-order valence-corrected chi connectivity index (χ4v) is 4.55. The number of fused-ring (bicyclic) bond motifs is 1. The van der Waals surface area contributed by atoms with Gasteiger partial charge in [0, 0.05) is 15.6 Å². The van der Waals surface area contributed by atoms with Gasteiger partial charge in [0.1, 0.15) is 0 Å². The molecule has 0 spiro atoms. The number of amides is 3. The molecule has 1 aliphatic carbocycles. The summed E-state index contributed by atoms with van der Waals surface area (Å²) in [4.78, 5) is 39.6. The van der Waals surface area contributed by atoms with Gasteiger partial charge in [-0.15, -0.1) is 11.8 Å². The molecule has 0 aromatic heterocycles. The van der Waals surface area contributed by atoms with Crippen molar-refractivity contribution in [2.75, 3.05) is 16.0 Å². The first kappa shape index (κ1) is 19.7. The number of carbonyl (C=O) groups excluding carboxylic acids is 3. The third-order valence-corrected chi connectivity index (χ3v) is 6.33. The van der Waals surface area contributed by atoms with E-state index in [0.29, 0.717) is 29.2 Å². The Hall–Kier alpha value is -2.57. The Morgan fingerprint density at radius 1 is 1.03 bits per heavy atom. The van der Waals surface area contributed by atoms with Crippen LogP contribution in [0.5, 0.6) is 0 Å². The molecule has 1 saturated heterocycles. The quantitative estimate of drug-likeness (QED) is 0.433. The summed E-state index contributed by atoms with van der Waals surface area (Å²) >= 11 is 7.30. The molecule has 29 heavy (non-hydrogen) atoms. The number of anilines is 2. The topological polar surface area (TPSA) is 66.5 Å². The number of allylic oxidation sites excluding steroid dienone is 2. The zero-order chi connectivity index (χ0) is 20.4. The molecule has 7 heteroatoms. The van der Waals surface area contributed by atoms with E-state index in [2.05, 4.69) is 5.32 Å². The van der Waals surface area contributed by atoms with E-state index >= 15 is 0 Å². The summed E-state index contributed by atoms with van der Waals surface area (Å²) in [5, 5.41) is 3.36. The largest absolute Gasteiger partial charge is 0.325 e. The molecule has 5 nitrogen and oxygen atoms in total. The Kier molecular flexibility index (Phi) is 5.74. The van der Waals surface area contributed by atoms with Crippen molar-refractivity contribution in [3.05, 3.63) is 65.7 Å². The highest BCUT2D eigenvalue weighted by atomic mass is 35.5. The van der Waals surface area contributed by atoms with Crippen molar-refractivity contribution in [3.63, 3.8) is 0 Å². The van der Waals surface area contributed by atoms with Crippen molar-refractivity contribution in [2.45, 2.75) is 17.7 Å². The molecule has 1 aliphatic heterocycles. The van der Waals surface area contributed by atoms with Crippen LogP contribution in [-0.4, -0.2) is 23.5 Å². The summed E-state index contributed by atoms with van der Waals surface area (Å²) in [5.41, 5.74) is 1.24. The van der Waals surface area contributed by atoms with Crippen LogP contribution in [0.3, 0.4) is 0 Å². The van der Waals surface area contributed by atoms with Crippen LogP contribution >= 0.6 is 23.4 Å². The average Bonchev–Trinajstić information content (AvgIpc) is 2.98. The van der Waals surface area contributed by atoms with Crippen molar-refractivity contribution in [1.29, 1.82) is 0 Å². The fraction of sp³-hybridized carbons (Fsp3) is 0.227. The second kappa shape index (κ2) is 8.43. The highest BCUT2D eigenvalue weighted by Crippen LogP contribution is 2.38. The van der Waals surface area contributed by atoms with Crippen molar-refractivity contribution in [3.8, 4) is 0 Å². The van der Waals surface area contributed by atoms with E-state index in [1.54, 1.807) is 36.4 Å². The Morgan fingerprint density at radius 2 is 1.69 bits per heavy atom. The monoisotopic (exact) mass is 426 g/mol. The molecule has 0 radical (unpaired) electrons. The van der Waals surface area contributed by atoms with Crippen LogP contribution < -0.4 is 10.2 Å². The van der Waals surface area contributed by atoms with Crippen molar-refractivity contribution >= 4 is 52.5 Å². The number of carbonyl (C=O) groups is 3. The second-order valence-corrected chi connectivity index (χ2v) is 8.49. The lowest BCUT2D eigenvalue weighted by atomic mass is 9.85. The van der Waals surface area contributed by atoms with E-state index in [1.165, 1.54) is 16.7 Å². The molecule has 0 bridgehead atoms. The van der Waals surface area contributed by atoms with Gasteiger partial charge in [-0.1, -0.05) is 29.8 Å². The van der Waals surface area contributed by atoms with Crippen LogP contribution in [0.25, 0.3) is 0 Å². The number of hydrogen-bond donors (Lipinski definition) is 1. The number of nitrogens with one attached hydrogen (secondary N) is 1. The lowest BCUT2D eigenvalue weighted by Gasteiger charge is -2.15. The molecule has 4 rings (SSSR count). The van der Waals surface area contributed by atoms with E-state index in [4.69, 9.17) is 11.6 Å². The molecule has 0 unspecified atom stereocenters.